The Morgan fingerprint density at radius 2 is 2.07 bits per heavy atom. The van der Waals surface area contributed by atoms with Crippen molar-refractivity contribution >= 4 is 0 Å². The van der Waals surface area contributed by atoms with Gasteiger partial charge in [0.15, 0.2) is 0 Å². The van der Waals surface area contributed by atoms with Crippen LogP contribution in [0.15, 0.2) is 12.5 Å². The monoisotopic (exact) mass is 209 g/mol. The van der Waals surface area contributed by atoms with Gasteiger partial charge in [-0.15, -0.1) is 0 Å². The van der Waals surface area contributed by atoms with Crippen molar-refractivity contribution in [2.24, 2.45) is 11.7 Å². The first-order valence-electron chi connectivity index (χ1n) is 5.83. The molecule has 0 radical (unpaired) electrons. The van der Waals surface area contributed by atoms with E-state index in [1.165, 1.54) is 6.42 Å². The maximum atomic E-state index is 6.05. The Morgan fingerprint density at radius 3 is 2.60 bits per heavy atom. The summed E-state index contributed by atoms with van der Waals surface area (Å²) in [6.07, 6.45) is 5.92. The molecule has 0 aromatic carbocycles. The zero-order valence-electron chi connectivity index (χ0n) is 10.3. The van der Waals surface area contributed by atoms with Gasteiger partial charge in [-0.25, -0.2) is 4.98 Å². The van der Waals surface area contributed by atoms with E-state index in [9.17, 15) is 0 Å². The Hall–Kier alpha value is -0.830. The topological polar surface area (TPSA) is 43.8 Å². The molecule has 1 aromatic rings. The van der Waals surface area contributed by atoms with Gasteiger partial charge in [-0.1, -0.05) is 20.8 Å². The summed E-state index contributed by atoms with van der Waals surface area (Å²) in [4.78, 5) is 4.20. The van der Waals surface area contributed by atoms with Crippen LogP contribution in [0.4, 0.5) is 0 Å². The van der Waals surface area contributed by atoms with Gasteiger partial charge in [0, 0.05) is 18.3 Å². The number of rotatable bonds is 5. The number of aromatic nitrogens is 2. The van der Waals surface area contributed by atoms with Crippen LogP contribution in [0.25, 0.3) is 0 Å². The molecule has 0 aliphatic rings. The molecule has 0 aliphatic carbocycles. The third-order valence-corrected chi connectivity index (χ3v) is 2.80. The number of imidazole rings is 1. The van der Waals surface area contributed by atoms with Crippen LogP contribution in [-0.2, 0) is 0 Å². The van der Waals surface area contributed by atoms with E-state index in [1.807, 2.05) is 12.5 Å². The van der Waals surface area contributed by atoms with Crippen molar-refractivity contribution in [3.05, 3.63) is 18.2 Å². The highest BCUT2D eigenvalue weighted by Crippen LogP contribution is 2.22. The molecule has 3 nitrogen and oxygen atoms in total. The smallest absolute Gasteiger partial charge is 0.0951 e. The van der Waals surface area contributed by atoms with Crippen LogP contribution in [0.5, 0.6) is 0 Å². The highest BCUT2D eigenvalue weighted by atomic mass is 15.1. The van der Waals surface area contributed by atoms with E-state index in [-0.39, 0.29) is 6.04 Å². The maximum Gasteiger partial charge on any atom is 0.0951 e. The second-order valence-corrected chi connectivity index (χ2v) is 4.72. The van der Waals surface area contributed by atoms with Crippen LogP contribution in [0.1, 0.15) is 58.3 Å². The summed E-state index contributed by atoms with van der Waals surface area (Å²) < 4.78 is 2.22. The normalized spacial score (nSPS) is 15.6. The van der Waals surface area contributed by atoms with E-state index in [0.29, 0.717) is 12.0 Å². The number of hydrogen-bond donors (Lipinski definition) is 1. The molecule has 1 unspecified atom stereocenters. The molecule has 2 N–H and O–H groups in total. The molecule has 1 heterocycles. The standard InChI is InChI=1S/C12H23N3/c1-5-11(13)12-7-14-8-15(12)10(4)6-9(2)3/h7-11H,5-6,13H2,1-4H3/t10?,11-/m1/s1. The van der Waals surface area contributed by atoms with Gasteiger partial charge in [-0.05, 0) is 25.7 Å². The van der Waals surface area contributed by atoms with Gasteiger partial charge in [0.2, 0.25) is 0 Å². The first-order chi connectivity index (χ1) is 7.06. The highest BCUT2D eigenvalue weighted by molar-refractivity contribution is 5.05. The molecule has 0 bridgehead atoms. The van der Waals surface area contributed by atoms with Gasteiger partial charge in [0.1, 0.15) is 0 Å². The van der Waals surface area contributed by atoms with E-state index < -0.39 is 0 Å². The molecule has 1 rings (SSSR count). The molecular formula is C12H23N3. The summed E-state index contributed by atoms with van der Waals surface area (Å²) in [6.45, 7) is 8.82. The highest BCUT2D eigenvalue weighted by Gasteiger charge is 2.14. The van der Waals surface area contributed by atoms with E-state index in [0.717, 1.165) is 12.1 Å². The Kier molecular flexibility index (Phi) is 4.33. The molecule has 86 valence electrons. The minimum Gasteiger partial charge on any atom is -0.330 e. The summed E-state index contributed by atoms with van der Waals surface area (Å²) in [5.74, 6) is 0.702. The minimum absolute atomic E-state index is 0.113. The van der Waals surface area contributed by atoms with Crippen LogP contribution in [-0.4, -0.2) is 9.55 Å². The predicted octanol–water partition coefficient (Wildman–Crippen LogP) is 2.90. The van der Waals surface area contributed by atoms with Crippen LogP contribution < -0.4 is 5.73 Å². The lowest BCUT2D eigenvalue weighted by atomic mass is 10.0. The third kappa shape index (κ3) is 3.06. The molecule has 0 saturated carbocycles. The summed E-state index contributed by atoms with van der Waals surface area (Å²) in [5.41, 5.74) is 7.21. The molecule has 0 fully saturated rings. The van der Waals surface area contributed by atoms with Gasteiger partial charge < -0.3 is 10.3 Å². The van der Waals surface area contributed by atoms with E-state index >= 15 is 0 Å². The van der Waals surface area contributed by atoms with Gasteiger partial charge in [-0.2, -0.15) is 0 Å². The Balaban J connectivity index is 2.80. The van der Waals surface area contributed by atoms with Crippen molar-refractivity contribution in [3.63, 3.8) is 0 Å². The molecule has 15 heavy (non-hydrogen) atoms. The Labute approximate surface area is 92.7 Å². The van der Waals surface area contributed by atoms with Gasteiger partial charge in [0.05, 0.1) is 12.0 Å². The second-order valence-electron chi connectivity index (χ2n) is 4.72. The van der Waals surface area contributed by atoms with Crippen molar-refractivity contribution in [2.45, 2.75) is 52.6 Å². The van der Waals surface area contributed by atoms with Gasteiger partial charge in [0.25, 0.3) is 0 Å². The lowest BCUT2D eigenvalue weighted by molar-refractivity contribution is 0.410. The third-order valence-electron chi connectivity index (χ3n) is 2.80. The zero-order chi connectivity index (χ0) is 11.4. The molecule has 0 saturated heterocycles. The average Bonchev–Trinajstić information content (AvgIpc) is 2.63. The second kappa shape index (κ2) is 5.31. The number of hydrogen-bond acceptors (Lipinski definition) is 2. The maximum absolute atomic E-state index is 6.05. The molecule has 0 spiro atoms. The Morgan fingerprint density at radius 1 is 1.40 bits per heavy atom. The molecule has 0 aliphatic heterocycles. The molecular weight excluding hydrogens is 186 g/mol. The fourth-order valence-corrected chi connectivity index (χ4v) is 1.98. The van der Waals surface area contributed by atoms with Crippen molar-refractivity contribution in [1.82, 2.24) is 9.55 Å². The molecule has 3 heteroatoms. The van der Waals surface area contributed by atoms with Crippen LogP contribution in [0.3, 0.4) is 0 Å². The summed E-state index contributed by atoms with van der Waals surface area (Å²) >= 11 is 0. The van der Waals surface area contributed by atoms with Crippen molar-refractivity contribution < 1.29 is 0 Å². The first kappa shape index (κ1) is 12.2. The molecule has 0 amide bonds. The fourth-order valence-electron chi connectivity index (χ4n) is 1.98. The van der Waals surface area contributed by atoms with Crippen molar-refractivity contribution in [3.8, 4) is 0 Å². The number of nitrogens with two attached hydrogens (primary N) is 1. The SMILES string of the molecule is CC[C@@H](N)c1cncn1C(C)CC(C)C. The summed E-state index contributed by atoms with van der Waals surface area (Å²) in [6, 6.07) is 0.599. The van der Waals surface area contributed by atoms with Crippen LogP contribution in [0.2, 0.25) is 0 Å². The van der Waals surface area contributed by atoms with E-state index in [2.05, 4.69) is 37.2 Å². The minimum atomic E-state index is 0.113. The lowest BCUT2D eigenvalue weighted by Gasteiger charge is -2.20. The first-order valence-corrected chi connectivity index (χ1v) is 5.83. The van der Waals surface area contributed by atoms with E-state index in [4.69, 9.17) is 5.73 Å². The zero-order valence-corrected chi connectivity index (χ0v) is 10.3. The van der Waals surface area contributed by atoms with Crippen LogP contribution >= 0.6 is 0 Å². The quantitative estimate of drug-likeness (QED) is 0.810. The summed E-state index contributed by atoms with van der Waals surface area (Å²) in [7, 11) is 0. The molecule has 1 aromatic heterocycles. The van der Waals surface area contributed by atoms with Crippen LogP contribution in [0, 0.1) is 5.92 Å². The average molecular weight is 209 g/mol. The lowest BCUT2D eigenvalue weighted by Crippen LogP contribution is -2.17. The largest absolute Gasteiger partial charge is 0.330 e. The van der Waals surface area contributed by atoms with Gasteiger partial charge in [-0.3, -0.25) is 0 Å². The van der Waals surface area contributed by atoms with Crippen molar-refractivity contribution in [1.29, 1.82) is 0 Å². The number of nitrogens with zero attached hydrogens (tertiary/aromatic N) is 2. The fraction of sp³-hybridized carbons (Fsp3) is 0.750. The van der Waals surface area contributed by atoms with E-state index in [1.54, 1.807) is 0 Å². The Bertz CT molecular complexity index is 291. The van der Waals surface area contributed by atoms with Crippen molar-refractivity contribution in [2.75, 3.05) is 0 Å². The molecule has 2 atom stereocenters. The van der Waals surface area contributed by atoms with Gasteiger partial charge >= 0.3 is 0 Å². The predicted molar refractivity (Wildman–Crippen MR) is 63.6 cm³/mol. The summed E-state index contributed by atoms with van der Waals surface area (Å²) in [5, 5.41) is 0.